The summed E-state index contributed by atoms with van der Waals surface area (Å²) in [6.45, 7) is 4.56. The highest BCUT2D eigenvalue weighted by Gasteiger charge is 2.37. The third-order valence-corrected chi connectivity index (χ3v) is 4.45. The van der Waals surface area contributed by atoms with Gasteiger partial charge in [-0.3, -0.25) is 0 Å². The molecular formula is C14H21NS. The first-order chi connectivity index (χ1) is 7.87. The maximum Gasteiger partial charge on any atom is 0.0203 e. The summed E-state index contributed by atoms with van der Waals surface area (Å²) in [6.07, 6.45) is 2.67. The first-order valence-electron chi connectivity index (χ1n) is 6.21. The fourth-order valence-corrected chi connectivity index (χ4v) is 3.04. The van der Waals surface area contributed by atoms with E-state index in [-0.39, 0.29) is 0 Å². The molecule has 1 aromatic carbocycles. The lowest BCUT2D eigenvalue weighted by molar-refractivity contribution is 0.256. The van der Waals surface area contributed by atoms with Crippen molar-refractivity contribution in [1.29, 1.82) is 0 Å². The molecular weight excluding hydrogens is 214 g/mol. The maximum absolute atomic E-state index is 3.43. The number of rotatable bonds is 6. The van der Waals surface area contributed by atoms with Crippen molar-refractivity contribution in [3.8, 4) is 0 Å². The van der Waals surface area contributed by atoms with Gasteiger partial charge in [-0.15, -0.1) is 0 Å². The molecule has 1 heterocycles. The predicted molar refractivity (Wildman–Crippen MR) is 73.2 cm³/mol. The lowest BCUT2D eigenvalue weighted by Gasteiger charge is -2.43. The fraction of sp³-hybridized carbons (Fsp3) is 0.571. The van der Waals surface area contributed by atoms with E-state index in [0.29, 0.717) is 5.41 Å². The molecule has 88 valence electrons. The van der Waals surface area contributed by atoms with Crippen molar-refractivity contribution in [2.45, 2.75) is 25.2 Å². The van der Waals surface area contributed by atoms with Gasteiger partial charge in [-0.25, -0.2) is 0 Å². The molecule has 0 bridgehead atoms. The topological polar surface area (TPSA) is 12.0 Å². The summed E-state index contributed by atoms with van der Waals surface area (Å²) in [5.41, 5.74) is 1.96. The van der Waals surface area contributed by atoms with Crippen molar-refractivity contribution in [2.24, 2.45) is 0 Å². The van der Waals surface area contributed by atoms with Gasteiger partial charge in [0.2, 0.25) is 0 Å². The van der Waals surface area contributed by atoms with Gasteiger partial charge < -0.3 is 5.32 Å². The van der Waals surface area contributed by atoms with Crippen molar-refractivity contribution in [1.82, 2.24) is 5.32 Å². The third kappa shape index (κ3) is 2.61. The molecule has 1 saturated heterocycles. The summed E-state index contributed by atoms with van der Waals surface area (Å²) in [4.78, 5) is 0. The van der Waals surface area contributed by atoms with Gasteiger partial charge in [0.05, 0.1) is 0 Å². The largest absolute Gasteiger partial charge is 0.315 e. The van der Waals surface area contributed by atoms with Gasteiger partial charge in [0.25, 0.3) is 0 Å². The molecule has 0 aliphatic carbocycles. The Balaban J connectivity index is 1.92. The minimum atomic E-state index is 0.440. The molecule has 1 fully saturated rings. The average Bonchev–Trinajstić information content (AvgIpc) is 2.28. The highest BCUT2D eigenvalue weighted by molar-refractivity contribution is 7.99. The van der Waals surface area contributed by atoms with E-state index >= 15 is 0 Å². The van der Waals surface area contributed by atoms with E-state index in [9.17, 15) is 0 Å². The Bertz CT molecular complexity index is 306. The van der Waals surface area contributed by atoms with Gasteiger partial charge in [0.1, 0.15) is 0 Å². The molecule has 1 aliphatic rings. The summed E-state index contributed by atoms with van der Waals surface area (Å²) in [5.74, 6) is 2.56. The highest BCUT2D eigenvalue weighted by atomic mass is 32.2. The lowest BCUT2D eigenvalue weighted by atomic mass is 9.72. The number of benzene rings is 1. The number of hydrogen-bond acceptors (Lipinski definition) is 2. The molecule has 1 aromatic rings. The molecule has 0 saturated carbocycles. The summed E-state index contributed by atoms with van der Waals surface area (Å²) in [6, 6.07) is 11.0. The zero-order chi connectivity index (χ0) is 11.3. The molecule has 0 spiro atoms. The quantitative estimate of drug-likeness (QED) is 0.761. The van der Waals surface area contributed by atoms with Crippen LogP contribution in [0.4, 0.5) is 0 Å². The molecule has 16 heavy (non-hydrogen) atoms. The standard InChI is InChI=1S/C14H21NS/c1-2-16-10-6-9-14(11-15-12-14)13-7-4-3-5-8-13/h3-5,7-8,15H,2,6,9-12H2,1H3. The Labute approximate surface area is 103 Å². The van der Waals surface area contributed by atoms with Crippen LogP contribution in [0.3, 0.4) is 0 Å². The number of nitrogens with one attached hydrogen (secondary N) is 1. The third-order valence-electron chi connectivity index (χ3n) is 3.46. The molecule has 1 nitrogen and oxygen atoms in total. The van der Waals surface area contributed by atoms with E-state index < -0.39 is 0 Å². The van der Waals surface area contributed by atoms with Gasteiger partial charge in [0.15, 0.2) is 0 Å². The van der Waals surface area contributed by atoms with Crippen LogP contribution in [-0.2, 0) is 5.41 Å². The van der Waals surface area contributed by atoms with Crippen molar-refractivity contribution < 1.29 is 0 Å². The molecule has 0 unspecified atom stereocenters. The van der Waals surface area contributed by atoms with Crippen molar-refractivity contribution in [2.75, 3.05) is 24.6 Å². The Hall–Kier alpha value is -0.470. The molecule has 0 radical (unpaired) electrons. The van der Waals surface area contributed by atoms with Crippen LogP contribution in [0.1, 0.15) is 25.3 Å². The number of hydrogen-bond donors (Lipinski definition) is 1. The second kappa shape index (κ2) is 5.74. The van der Waals surface area contributed by atoms with Gasteiger partial charge in [0, 0.05) is 18.5 Å². The Kier molecular flexibility index (Phi) is 4.30. The molecule has 0 atom stereocenters. The second-order valence-corrected chi connectivity index (χ2v) is 5.94. The Morgan fingerprint density at radius 2 is 2.00 bits per heavy atom. The van der Waals surface area contributed by atoms with Crippen LogP contribution in [0.25, 0.3) is 0 Å². The highest BCUT2D eigenvalue weighted by Crippen LogP contribution is 2.33. The van der Waals surface area contributed by atoms with Gasteiger partial charge >= 0.3 is 0 Å². The first kappa shape index (κ1) is 12.0. The molecule has 0 aromatic heterocycles. The molecule has 1 aliphatic heterocycles. The van der Waals surface area contributed by atoms with Crippen LogP contribution >= 0.6 is 11.8 Å². The zero-order valence-corrected chi connectivity index (χ0v) is 10.9. The van der Waals surface area contributed by atoms with E-state index in [4.69, 9.17) is 0 Å². The summed E-state index contributed by atoms with van der Waals surface area (Å²) in [5, 5.41) is 3.43. The Morgan fingerprint density at radius 1 is 1.25 bits per heavy atom. The van der Waals surface area contributed by atoms with Crippen LogP contribution in [0.5, 0.6) is 0 Å². The van der Waals surface area contributed by atoms with E-state index in [1.54, 1.807) is 0 Å². The minimum Gasteiger partial charge on any atom is -0.315 e. The normalized spacial score (nSPS) is 18.1. The van der Waals surface area contributed by atoms with Gasteiger partial charge in [-0.2, -0.15) is 11.8 Å². The van der Waals surface area contributed by atoms with E-state index in [1.165, 1.54) is 29.9 Å². The van der Waals surface area contributed by atoms with E-state index in [1.807, 2.05) is 0 Å². The summed E-state index contributed by atoms with van der Waals surface area (Å²) in [7, 11) is 0. The van der Waals surface area contributed by atoms with Crippen molar-refractivity contribution >= 4 is 11.8 Å². The number of thioether (sulfide) groups is 1. The zero-order valence-electron chi connectivity index (χ0n) is 10.0. The van der Waals surface area contributed by atoms with Gasteiger partial charge in [-0.05, 0) is 29.9 Å². The van der Waals surface area contributed by atoms with Crippen LogP contribution in [0.2, 0.25) is 0 Å². The van der Waals surface area contributed by atoms with Crippen LogP contribution in [0.15, 0.2) is 30.3 Å². The molecule has 2 heteroatoms. The first-order valence-corrected chi connectivity index (χ1v) is 7.37. The van der Waals surface area contributed by atoms with Crippen molar-refractivity contribution in [3.05, 3.63) is 35.9 Å². The van der Waals surface area contributed by atoms with Crippen LogP contribution < -0.4 is 5.32 Å². The minimum absolute atomic E-state index is 0.440. The average molecular weight is 235 g/mol. The molecule has 0 amide bonds. The van der Waals surface area contributed by atoms with Gasteiger partial charge in [-0.1, -0.05) is 37.3 Å². The fourth-order valence-electron chi connectivity index (χ4n) is 2.40. The molecule has 1 N–H and O–H groups in total. The Morgan fingerprint density at radius 3 is 2.56 bits per heavy atom. The van der Waals surface area contributed by atoms with E-state index in [0.717, 1.165) is 13.1 Å². The predicted octanol–water partition coefficient (Wildman–Crippen LogP) is 3.06. The van der Waals surface area contributed by atoms with Crippen LogP contribution in [-0.4, -0.2) is 24.6 Å². The van der Waals surface area contributed by atoms with Crippen LogP contribution in [0, 0.1) is 0 Å². The molecule has 2 rings (SSSR count). The SMILES string of the molecule is CCSCCCC1(c2ccccc2)CNC1. The summed E-state index contributed by atoms with van der Waals surface area (Å²) >= 11 is 2.06. The smallest absolute Gasteiger partial charge is 0.0203 e. The second-order valence-electron chi connectivity index (χ2n) is 4.55. The monoisotopic (exact) mass is 235 g/mol. The lowest BCUT2D eigenvalue weighted by Crippen LogP contribution is -2.56. The summed E-state index contributed by atoms with van der Waals surface area (Å²) < 4.78 is 0. The van der Waals surface area contributed by atoms with E-state index in [2.05, 4.69) is 54.3 Å². The van der Waals surface area contributed by atoms with Crippen molar-refractivity contribution in [3.63, 3.8) is 0 Å². The maximum atomic E-state index is 3.43.